The van der Waals surface area contributed by atoms with Crippen molar-refractivity contribution in [2.45, 2.75) is 51.3 Å². The molecule has 11 heteroatoms. The maximum atomic E-state index is 12.9. The fourth-order valence-corrected chi connectivity index (χ4v) is 4.03. The number of anilines is 3. The zero-order chi connectivity index (χ0) is 24.7. The van der Waals surface area contributed by atoms with Crippen LogP contribution in [0, 0.1) is 0 Å². The minimum atomic E-state index is -4.61. The second-order valence-electron chi connectivity index (χ2n) is 9.52. The van der Waals surface area contributed by atoms with E-state index in [0.717, 1.165) is 29.8 Å². The number of ether oxygens (including phenoxy) is 1. The molecule has 4 rings (SSSR count). The molecule has 0 spiro atoms. The summed E-state index contributed by atoms with van der Waals surface area (Å²) in [7, 11) is 0. The number of halogens is 4. The molecule has 1 aromatic carbocycles. The summed E-state index contributed by atoms with van der Waals surface area (Å²) in [5.74, 6) is 0.383. The van der Waals surface area contributed by atoms with E-state index in [1.165, 1.54) is 0 Å². The van der Waals surface area contributed by atoms with Gasteiger partial charge in [-0.1, -0.05) is 11.6 Å². The highest BCUT2D eigenvalue weighted by Crippen LogP contribution is 2.45. The van der Waals surface area contributed by atoms with Crippen molar-refractivity contribution in [2.75, 3.05) is 36.4 Å². The third-order valence-electron chi connectivity index (χ3n) is 5.64. The molecule has 2 aromatic rings. The van der Waals surface area contributed by atoms with Gasteiger partial charge in [0, 0.05) is 43.8 Å². The van der Waals surface area contributed by atoms with Crippen LogP contribution in [0.3, 0.4) is 0 Å². The molecule has 184 valence electrons. The van der Waals surface area contributed by atoms with Gasteiger partial charge < -0.3 is 19.9 Å². The summed E-state index contributed by atoms with van der Waals surface area (Å²) in [6.07, 6.45) is -2.14. The van der Waals surface area contributed by atoms with Crippen LogP contribution in [0.1, 0.15) is 50.7 Å². The van der Waals surface area contributed by atoms with E-state index in [-0.39, 0.29) is 12.0 Å². The van der Waals surface area contributed by atoms with Crippen molar-refractivity contribution in [1.29, 1.82) is 0 Å². The van der Waals surface area contributed by atoms with E-state index in [4.69, 9.17) is 16.3 Å². The summed E-state index contributed by atoms with van der Waals surface area (Å²) in [6.45, 7) is 8.01. The van der Waals surface area contributed by atoms with Crippen molar-refractivity contribution in [2.24, 2.45) is 0 Å². The Morgan fingerprint density at radius 3 is 2.38 bits per heavy atom. The van der Waals surface area contributed by atoms with E-state index in [1.807, 2.05) is 32.9 Å². The number of carbonyl (C=O) groups excluding carboxylic acids is 1. The van der Waals surface area contributed by atoms with Crippen LogP contribution in [-0.2, 0) is 10.9 Å². The van der Waals surface area contributed by atoms with E-state index in [0.29, 0.717) is 38.3 Å². The molecule has 1 aliphatic heterocycles. The largest absolute Gasteiger partial charge is 0.444 e. The fraction of sp³-hybridized carbons (Fsp3) is 0.522. The van der Waals surface area contributed by atoms with Crippen LogP contribution in [-0.4, -0.2) is 52.7 Å². The van der Waals surface area contributed by atoms with Crippen LogP contribution in [0.2, 0.25) is 5.15 Å². The summed E-state index contributed by atoms with van der Waals surface area (Å²) in [6, 6.07) is 5.93. The summed E-state index contributed by atoms with van der Waals surface area (Å²) < 4.78 is 44.2. The molecule has 1 aliphatic carbocycles. The Labute approximate surface area is 201 Å². The number of nitrogens with one attached hydrogen (secondary N) is 1. The number of amides is 1. The van der Waals surface area contributed by atoms with Gasteiger partial charge in [0.2, 0.25) is 5.95 Å². The summed E-state index contributed by atoms with van der Waals surface area (Å²) in [4.78, 5) is 23.8. The van der Waals surface area contributed by atoms with Gasteiger partial charge in [0.05, 0.1) is 0 Å². The lowest BCUT2D eigenvalue weighted by Gasteiger charge is -2.37. The van der Waals surface area contributed by atoms with Crippen molar-refractivity contribution >= 4 is 35.0 Å². The summed E-state index contributed by atoms with van der Waals surface area (Å²) in [5.41, 5.74) is 1.24. The van der Waals surface area contributed by atoms with Gasteiger partial charge in [-0.15, -0.1) is 0 Å². The van der Waals surface area contributed by atoms with E-state index in [2.05, 4.69) is 26.3 Å². The minimum Gasteiger partial charge on any atom is -0.444 e. The molecule has 0 atom stereocenters. The zero-order valence-electron chi connectivity index (χ0n) is 19.2. The highest BCUT2D eigenvalue weighted by molar-refractivity contribution is 6.30. The predicted octanol–water partition coefficient (Wildman–Crippen LogP) is 5.83. The first-order chi connectivity index (χ1) is 15.9. The molecule has 0 unspecified atom stereocenters. The van der Waals surface area contributed by atoms with E-state index >= 15 is 0 Å². The second-order valence-corrected chi connectivity index (χ2v) is 9.88. The molecule has 7 nitrogen and oxygen atoms in total. The average molecular weight is 498 g/mol. The molecule has 2 fully saturated rings. The number of hydrogen-bond acceptors (Lipinski definition) is 6. The van der Waals surface area contributed by atoms with Gasteiger partial charge in [-0.25, -0.2) is 14.8 Å². The van der Waals surface area contributed by atoms with Crippen LogP contribution in [0.4, 0.5) is 35.3 Å². The van der Waals surface area contributed by atoms with Crippen molar-refractivity contribution in [1.82, 2.24) is 14.9 Å². The van der Waals surface area contributed by atoms with Crippen molar-refractivity contribution in [3.8, 4) is 0 Å². The smallest absolute Gasteiger partial charge is 0.420 e. The number of aromatic nitrogens is 2. The van der Waals surface area contributed by atoms with Gasteiger partial charge in [0.1, 0.15) is 16.3 Å². The number of benzene rings is 1. The monoisotopic (exact) mass is 497 g/mol. The van der Waals surface area contributed by atoms with Crippen LogP contribution in [0.25, 0.3) is 0 Å². The van der Waals surface area contributed by atoms with E-state index < -0.39 is 22.5 Å². The predicted molar refractivity (Wildman–Crippen MR) is 124 cm³/mol. The molecule has 1 saturated heterocycles. The molecular weight excluding hydrogens is 471 g/mol. The number of piperazine rings is 1. The standard InChI is InChI=1S/C23H27ClF3N5O2/c1-22(2,3)34-21(33)32-10-8-31(9-11-32)15-6-7-18(16(12-15)14-4-5-14)29-20-28-13-17(19(24)30-20)23(25,26)27/h6-7,12-14H,4-5,8-11H2,1-3H3,(H,28,29,30). The van der Waals surface area contributed by atoms with Crippen molar-refractivity contribution < 1.29 is 22.7 Å². The average Bonchev–Trinajstić information content (AvgIpc) is 3.57. The number of alkyl halides is 3. The first-order valence-corrected chi connectivity index (χ1v) is 11.5. The summed E-state index contributed by atoms with van der Waals surface area (Å²) in [5, 5.41) is 2.38. The van der Waals surface area contributed by atoms with Gasteiger partial charge >= 0.3 is 12.3 Å². The number of hydrogen-bond donors (Lipinski definition) is 1. The molecule has 1 saturated carbocycles. The Morgan fingerprint density at radius 2 is 1.82 bits per heavy atom. The second kappa shape index (κ2) is 9.13. The van der Waals surface area contributed by atoms with Crippen molar-refractivity contribution in [3.63, 3.8) is 0 Å². The quantitative estimate of drug-likeness (QED) is 0.536. The lowest BCUT2D eigenvalue weighted by Crippen LogP contribution is -2.50. The van der Waals surface area contributed by atoms with Crippen LogP contribution < -0.4 is 10.2 Å². The Morgan fingerprint density at radius 1 is 1.15 bits per heavy atom. The molecule has 2 aliphatic rings. The van der Waals surface area contributed by atoms with Gasteiger partial charge in [-0.2, -0.15) is 13.2 Å². The Bertz CT molecular complexity index is 1060. The molecule has 1 amide bonds. The molecule has 0 radical (unpaired) electrons. The molecule has 1 aromatic heterocycles. The molecule has 0 bridgehead atoms. The maximum absolute atomic E-state index is 12.9. The summed E-state index contributed by atoms with van der Waals surface area (Å²) >= 11 is 5.74. The van der Waals surface area contributed by atoms with Crippen LogP contribution >= 0.6 is 11.6 Å². The highest BCUT2D eigenvalue weighted by atomic mass is 35.5. The Hall–Kier alpha value is -2.75. The number of rotatable bonds is 4. The first-order valence-electron chi connectivity index (χ1n) is 11.1. The molecule has 34 heavy (non-hydrogen) atoms. The van der Waals surface area contributed by atoms with Gasteiger partial charge in [0.25, 0.3) is 0 Å². The lowest BCUT2D eigenvalue weighted by atomic mass is 10.1. The minimum absolute atomic E-state index is 0.0126. The normalized spacial score (nSPS) is 17.0. The van der Waals surface area contributed by atoms with Gasteiger partial charge in [0.15, 0.2) is 0 Å². The van der Waals surface area contributed by atoms with Crippen molar-refractivity contribution in [3.05, 3.63) is 40.7 Å². The third-order valence-corrected chi connectivity index (χ3v) is 5.93. The Kier molecular flexibility index (Phi) is 6.54. The third kappa shape index (κ3) is 5.84. The molecule has 2 heterocycles. The molecular formula is C23H27ClF3N5O2. The maximum Gasteiger partial charge on any atom is 0.420 e. The Balaban J connectivity index is 1.46. The van der Waals surface area contributed by atoms with Crippen LogP contribution in [0.5, 0.6) is 0 Å². The zero-order valence-corrected chi connectivity index (χ0v) is 20.0. The first kappa shape index (κ1) is 24.4. The topological polar surface area (TPSA) is 70.6 Å². The highest BCUT2D eigenvalue weighted by Gasteiger charge is 2.35. The molecule has 1 N–H and O–H groups in total. The van der Waals surface area contributed by atoms with E-state index in [1.54, 1.807) is 4.90 Å². The van der Waals surface area contributed by atoms with E-state index in [9.17, 15) is 18.0 Å². The number of nitrogens with zero attached hydrogens (tertiary/aromatic N) is 4. The SMILES string of the molecule is CC(C)(C)OC(=O)N1CCN(c2ccc(Nc3ncc(C(F)(F)F)c(Cl)n3)c(C3CC3)c2)CC1. The van der Waals surface area contributed by atoms with Gasteiger partial charge in [-0.3, -0.25) is 0 Å². The van der Waals surface area contributed by atoms with Gasteiger partial charge in [-0.05, 0) is 63.3 Å². The van der Waals surface area contributed by atoms with Crippen LogP contribution in [0.15, 0.2) is 24.4 Å². The lowest BCUT2D eigenvalue weighted by molar-refractivity contribution is -0.137. The number of carbonyl (C=O) groups is 1. The fourth-order valence-electron chi connectivity index (χ4n) is 3.80.